The Kier molecular flexibility index (Phi) is 3.92. The molecular weight excluding hydrogens is 292 g/mol. The van der Waals surface area contributed by atoms with Gasteiger partial charge in [-0.25, -0.2) is 4.79 Å². The molecule has 6 heteroatoms. The fourth-order valence-electron chi connectivity index (χ4n) is 2.85. The van der Waals surface area contributed by atoms with Crippen LogP contribution in [0, 0.1) is 6.92 Å². The lowest BCUT2D eigenvalue weighted by Crippen LogP contribution is -2.35. The molecule has 0 fully saturated rings. The van der Waals surface area contributed by atoms with Crippen LogP contribution in [0.2, 0.25) is 0 Å². The number of benzene rings is 1. The van der Waals surface area contributed by atoms with Crippen LogP contribution in [-0.4, -0.2) is 42.0 Å². The Morgan fingerprint density at radius 2 is 2.22 bits per heavy atom. The van der Waals surface area contributed by atoms with Gasteiger partial charge in [-0.3, -0.25) is 15.4 Å². The molecule has 0 saturated heterocycles. The largest absolute Gasteiger partial charge is 0.458 e. The number of fused-ring (bicyclic) bond motifs is 1. The number of nitrogens with zero attached hydrogens (tertiary/aromatic N) is 2. The van der Waals surface area contributed by atoms with Gasteiger partial charge in [0.15, 0.2) is 0 Å². The smallest absolute Gasteiger partial charge is 0.329 e. The molecule has 124 valence electrons. The fraction of sp³-hybridized carbons (Fsp3) is 0.529. The number of aliphatic imine (C=N–C) groups is 1. The maximum Gasteiger partial charge on any atom is 0.329 e. The third-order valence-electron chi connectivity index (χ3n) is 3.89. The van der Waals surface area contributed by atoms with Gasteiger partial charge in [-0.15, -0.1) is 0 Å². The summed E-state index contributed by atoms with van der Waals surface area (Å²) in [6, 6.07) is 3.77. The van der Waals surface area contributed by atoms with Crippen molar-refractivity contribution in [3.63, 3.8) is 0 Å². The Bertz CT molecular complexity index is 649. The summed E-state index contributed by atoms with van der Waals surface area (Å²) in [5.41, 5.74) is 7.19. The van der Waals surface area contributed by atoms with E-state index in [1.165, 1.54) is 0 Å². The zero-order valence-corrected chi connectivity index (χ0v) is 14.1. The van der Waals surface area contributed by atoms with E-state index in [2.05, 4.69) is 27.9 Å². The van der Waals surface area contributed by atoms with Gasteiger partial charge in [0.1, 0.15) is 18.0 Å². The van der Waals surface area contributed by atoms with Crippen molar-refractivity contribution in [2.45, 2.75) is 45.8 Å². The Morgan fingerprint density at radius 1 is 1.43 bits per heavy atom. The second-order valence-corrected chi connectivity index (χ2v) is 7.04. The zero-order chi connectivity index (χ0) is 16.6. The predicted molar refractivity (Wildman–Crippen MR) is 91.8 cm³/mol. The number of hydrogen-bond acceptors (Lipinski definition) is 6. The van der Waals surface area contributed by atoms with Crippen LogP contribution in [0.1, 0.15) is 31.9 Å². The van der Waals surface area contributed by atoms with Gasteiger partial charge in [0.2, 0.25) is 0 Å². The van der Waals surface area contributed by atoms with E-state index < -0.39 is 5.60 Å². The minimum absolute atomic E-state index is 0.207. The molecule has 0 bridgehead atoms. The highest BCUT2D eigenvalue weighted by molar-refractivity contribution is 5.86. The van der Waals surface area contributed by atoms with Crippen molar-refractivity contribution in [3.05, 3.63) is 23.3 Å². The lowest BCUT2D eigenvalue weighted by Gasteiger charge is -2.22. The van der Waals surface area contributed by atoms with E-state index in [-0.39, 0.29) is 12.0 Å². The lowest BCUT2D eigenvalue weighted by atomic mass is 10.0. The summed E-state index contributed by atoms with van der Waals surface area (Å²) < 4.78 is 5.51. The first-order valence-electron chi connectivity index (χ1n) is 7.98. The van der Waals surface area contributed by atoms with Crippen molar-refractivity contribution in [2.75, 3.05) is 23.8 Å². The topological polar surface area (TPSA) is 66.0 Å². The Balaban J connectivity index is 1.79. The van der Waals surface area contributed by atoms with E-state index in [9.17, 15) is 4.79 Å². The normalized spacial score (nSPS) is 19.5. The average Bonchev–Trinajstić information content (AvgIpc) is 3.09. The predicted octanol–water partition coefficient (Wildman–Crippen LogP) is 2.34. The minimum atomic E-state index is -0.477. The van der Waals surface area contributed by atoms with E-state index in [1.54, 1.807) is 6.34 Å². The van der Waals surface area contributed by atoms with Crippen LogP contribution in [0.5, 0.6) is 0 Å². The summed E-state index contributed by atoms with van der Waals surface area (Å²) in [5, 5.41) is 5.29. The van der Waals surface area contributed by atoms with Crippen LogP contribution in [0.3, 0.4) is 0 Å². The standard InChI is InChI=1S/C17H24N4O2/c1-11-5-6-13(20-21-8-7-18-10-21)12-9-14(19-15(11)12)16(22)23-17(2,3)4/h5-6,10,14,19-20H,7-9H2,1-4H3. The number of carbonyl (C=O) groups is 1. The molecule has 1 aromatic carbocycles. The molecule has 1 aromatic rings. The van der Waals surface area contributed by atoms with E-state index in [0.717, 1.165) is 35.6 Å². The first-order chi connectivity index (χ1) is 10.8. The molecule has 23 heavy (non-hydrogen) atoms. The molecule has 6 nitrogen and oxygen atoms in total. The molecule has 0 radical (unpaired) electrons. The molecule has 2 N–H and O–H groups in total. The Hall–Kier alpha value is -2.24. The van der Waals surface area contributed by atoms with Crippen LogP contribution in [-0.2, 0) is 16.0 Å². The van der Waals surface area contributed by atoms with E-state index in [4.69, 9.17) is 4.74 Å². The quantitative estimate of drug-likeness (QED) is 0.838. The van der Waals surface area contributed by atoms with E-state index in [0.29, 0.717) is 6.42 Å². The molecule has 0 saturated carbocycles. The summed E-state index contributed by atoms with van der Waals surface area (Å²) in [4.78, 5) is 16.6. The van der Waals surface area contributed by atoms with Crippen LogP contribution in [0.4, 0.5) is 11.4 Å². The van der Waals surface area contributed by atoms with Crippen molar-refractivity contribution in [2.24, 2.45) is 4.99 Å². The summed E-state index contributed by atoms with van der Waals surface area (Å²) in [6.07, 6.45) is 2.43. The van der Waals surface area contributed by atoms with E-state index in [1.807, 2.05) is 32.7 Å². The number of esters is 1. The van der Waals surface area contributed by atoms with Gasteiger partial charge < -0.3 is 10.1 Å². The molecule has 0 aromatic heterocycles. The highest BCUT2D eigenvalue weighted by Crippen LogP contribution is 2.36. The number of rotatable bonds is 3. The molecular formula is C17H24N4O2. The van der Waals surface area contributed by atoms with Gasteiger partial charge in [0.25, 0.3) is 0 Å². The summed E-state index contributed by atoms with van der Waals surface area (Å²) >= 11 is 0. The van der Waals surface area contributed by atoms with Crippen molar-refractivity contribution < 1.29 is 9.53 Å². The van der Waals surface area contributed by atoms with Gasteiger partial charge in [-0.1, -0.05) is 6.07 Å². The molecule has 1 atom stereocenters. The van der Waals surface area contributed by atoms with Gasteiger partial charge in [0, 0.05) is 17.7 Å². The van der Waals surface area contributed by atoms with E-state index >= 15 is 0 Å². The van der Waals surface area contributed by atoms with Crippen LogP contribution < -0.4 is 10.7 Å². The SMILES string of the molecule is Cc1ccc(NN2C=NCC2)c2c1NC(C(=O)OC(C)(C)C)C2. The molecule has 1 unspecified atom stereocenters. The summed E-state index contributed by atoms with van der Waals surface area (Å²) in [6.45, 7) is 9.36. The molecule has 0 amide bonds. The molecule has 0 spiro atoms. The minimum Gasteiger partial charge on any atom is -0.458 e. The maximum atomic E-state index is 12.4. The number of hydrazine groups is 1. The molecule has 3 rings (SSSR count). The second-order valence-electron chi connectivity index (χ2n) is 7.04. The molecule has 2 heterocycles. The highest BCUT2D eigenvalue weighted by Gasteiger charge is 2.33. The Labute approximate surface area is 136 Å². The van der Waals surface area contributed by atoms with Gasteiger partial charge in [-0.2, -0.15) is 0 Å². The van der Waals surface area contributed by atoms with Gasteiger partial charge in [-0.05, 0) is 39.3 Å². The maximum absolute atomic E-state index is 12.4. The third-order valence-corrected chi connectivity index (χ3v) is 3.89. The van der Waals surface area contributed by atoms with Gasteiger partial charge in [0.05, 0.1) is 18.8 Å². The number of carbonyl (C=O) groups excluding carboxylic acids is 1. The number of aryl methyl sites for hydroxylation is 1. The van der Waals surface area contributed by atoms with Crippen molar-refractivity contribution in [3.8, 4) is 0 Å². The average molecular weight is 316 g/mol. The lowest BCUT2D eigenvalue weighted by molar-refractivity contribution is -0.155. The second kappa shape index (κ2) is 5.76. The first kappa shape index (κ1) is 15.6. The monoisotopic (exact) mass is 316 g/mol. The Morgan fingerprint density at radius 3 is 2.87 bits per heavy atom. The van der Waals surface area contributed by atoms with Crippen molar-refractivity contribution in [1.29, 1.82) is 0 Å². The number of hydrogen-bond donors (Lipinski definition) is 2. The number of anilines is 2. The number of nitrogens with one attached hydrogen (secondary N) is 2. The fourth-order valence-corrected chi connectivity index (χ4v) is 2.85. The zero-order valence-electron chi connectivity index (χ0n) is 14.1. The third kappa shape index (κ3) is 3.41. The summed E-state index contributed by atoms with van der Waals surface area (Å²) in [7, 11) is 0. The molecule has 2 aliphatic rings. The first-order valence-corrected chi connectivity index (χ1v) is 7.98. The van der Waals surface area contributed by atoms with Crippen LogP contribution in [0.15, 0.2) is 17.1 Å². The molecule has 0 aliphatic carbocycles. The van der Waals surface area contributed by atoms with Crippen LogP contribution in [0.25, 0.3) is 0 Å². The summed E-state index contributed by atoms with van der Waals surface area (Å²) in [5.74, 6) is -0.207. The van der Waals surface area contributed by atoms with Gasteiger partial charge >= 0.3 is 5.97 Å². The highest BCUT2D eigenvalue weighted by atomic mass is 16.6. The van der Waals surface area contributed by atoms with Crippen molar-refractivity contribution in [1.82, 2.24) is 5.01 Å². The number of ether oxygens (including phenoxy) is 1. The van der Waals surface area contributed by atoms with Crippen molar-refractivity contribution >= 4 is 23.7 Å². The molecule has 2 aliphatic heterocycles. The van der Waals surface area contributed by atoms with Crippen LogP contribution >= 0.6 is 0 Å².